The first-order valence-electron chi connectivity index (χ1n) is 9.61. The van der Waals surface area contributed by atoms with Crippen molar-refractivity contribution in [1.82, 2.24) is 9.21 Å². The van der Waals surface area contributed by atoms with E-state index in [9.17, 15) is 13.2 Å². The summed E-state index contributed by atoms with van der Waals surface area (Å²) in [4.78, 5) is 15.0. The van der Waals surface area contributed by atoms with Crippen molar-refractivity contribution < 1.29 is 17.9 Å². The SMILES string of the molecule is COC1CC(N(C)C(=O)C2CCN(S(=O)(=O)c3ccc(C)cc3C)CC2)C1. The number of hydrogen-bond donors (Lipinski definition) is 0. The van der Waals surface area contributed by atoms with Gasteiger partial charge in [-0.15, -0.1) is 0 Å². The molecule has 3 rings (SSSR count). The lowest BCUT2D eigenvalue weighted by atomic mass is 9.86. The normalized spacial score (nSPS) is 24.4. The number of piperidine rings is 1. The third-order valence-corrected chi connectivity index (χ3v) is 8.11. The van der Waals surface area contributed by atoms with Crippen molar-refractivity contribution in [2.24, 2.45) is 5.92 Å². The van der Waals surface area contributed by atoms with Crippen molar-refractivity contribution >= 4 is 15.9 Å². The predicted octanol–water partition coefficient (Wildman–Crippen LogP) is 2.34. The number of benzene rings is 1. The van der Waals surface area contributed by atoms with E-state index in [1.807, 2.05) is 37.9 Å². The molecule has 2 aliphatic rings. The van der Waals surface area contributed by atoms with Crippen LogP contribution in [0.3, 0.4) is 0 Å². The van der Waals surface area contributed by atoms with Gasteiger partial charge in [-0.1, -0.05) is 17.7 Å². The number of ether oxygens (including phenoxy) is 1. The second-order valence-corrected chi connectivity index (χ2v) is 9.79. The zero-order chi connectivity index (χ0) is 19.8. The summed E-state index contributed by atoms with van der Waals surface area (Å²) in [6.45, 7) is 4.57. The molecule has 27 heavy (non-hydrogen) atoms. The fourth-order valence-corrected chi connectivity index (χ4v) is 5.76. The van der Waals surface area contributed by atoms with E-state index in [0.717, 1.165) is 24.0 Å². The van der Waals surface area contributed by atoms with E-state index in [2.05, 4.69) is 0 Å². The number of amides is 1. The molecule has 0 unspecified atom stereocenters. The third kappa shape index (κ3) is 4.05. The number of hydrogen-bond acceptors (Lipinski definition) is 4. The lowest BCUT2D eigenvalue weighted by molar-refractivity contribution is -0.142. The molecule has 1 aliphatic carbocycles. The van der Waals surface area contributed by atoms with Gasteiger partial charge < -0.3 is 9.64 Å². The largest absolute Gasteiger partial charge is 0.381 e. The maximum atomic E-state index is 13.0. The smallest absolute Gasteiger partial charge is 0.243 e. The van der Waals surface area contributed by atoms with Crippen LogP contribution in [-0.2, 0) is 19.6 Å². The molecule has 6 nitrogen and oxygen atoms in total. The molecule has 1 saturated heterocycles. The summed E-state index contributed by atoms with van der Waals surface area (Å²) in [5.41, 5.74) is 1.82. The molecule has 0 atom stereocenters. The minimum absolute atomic E-state index is 0.0952. The number of methoxy groups -OCH3 is 1. The van der Waals surface area contributed by atoms with Crippen molar-refractivity contribution in [1.29, 1.82) is 0 Å². The molecule has 2 fully saturated rings. The number of sulfonamides is 1. The van der Waals surface area contributed by atoms with Gasteiger partial charge in [0.2, 0.25) is 15.9 Å². The molecule has 1 aromatic rings. The van der Waals surface area contributed by atoms with Crippen LogP contribution in [0.5, 0.6) is 0 Å². The van der Waals surface area contributed by atoms with Crippen molar-refractivity contribution in [3.05, 3.63) is 29.3 Å². The average molecular weight is 395 g/mol. The number of nitrogens with zero attached hydrogens (tertiary/aromatic N) is 2. The Morgan fingerprint density at radius 2 is 1.81 bits per heavy atom. The summed E-state index contributed by atoms with van der Waals surface area (Å²) in [6.07, 6.45) is 3.19. The Balaban J connectivity index is 1.60. The summed E-state index contributed by atoms with van der Waals surface area (Å²) in [5.74, 6) is 0.0419. The molecule has 1 heterocycles. The maximum absolute atomic E-state index is 13.0. The van der Waals surface area contributed by atoms with Gasteiger partial charge in [-0.25, -0.2) is 8.42 Å². The number of aryl methyl sites for hydroxylation is 2. The zero-order valence-electron chi connectivity index (χ0n) is 16.6. The molecule has 7 heteroatoms. The summed E-state index contributed by atoms with van der Waals surface area (Å²) in [5, 5.41) is 0. The molecule has 0 bridgehead atoms. The lowest BCUT2D eigenvalue weighted by Gasteiger charge is -2.42. The Labute approximate surface area is 162 Å². The van der Waals surface area contributed by atoms with E-state index in [4.69, 9.17) is 4.74 Å². The monoisotopic (exact) mass is 394 g/mol. The molecule has 1 saturated carbocycles. The fourth-order valence-electron chi connectivity index (χ4n) is 4.09. The zero-order valence-corrected chi connectivity index (χ0v) is 17.5. The van der Waals surface area contributed by atoms with E-state index in [1.54, 1.807) is 13.2 Å². The minimum atomic E-state index is -3.51. The van der Waals surface area contributed by atoms with Crippen molar-refractivity contribution in [2.75, 3.05) is 27.2 Å². The van der Waals surface area contributed by atoms with Crippen LogP contribution in [0.1, 0.15) is 36.8 Å². The second-order valence-electron chi connectivity index (χ2n) is 7.88. The Morgan fingerprint density at radius 3 is 2.37 bits per heavy atom. The predicted molar refractivity (Wildman–Crippen MR) is 104 cm³/mol. The number of carbonyl (C=O) groups is 1. The number of carbonyl (C=O) groups excluding carboxylic acids is 1. The molecule has 1 amide bonds. The fraction of sp³-hybridized carbons (Fsp3) is 0.650. The van der Waals surface area contributed by atoms with Gasteiger partial charge >= 0.3 is 0 Å². The van der Waals surface area contributed by atoms with Crippen LogP contribution in [0.25, 0.3) is 0 Å². The summed E-state index contributed by atoms with van der Waals surface area (Å²) >= 11 is 0. The Hall–Kier alpha value is -1.44. The van der Waals surface area contributed by atoms with Gasteiger partial charge in [0.05, 0.1) is 11.0 Å². The average Bonchev–Trinajstić information content (AvgIpc) is 2.60. The standard InChI is InChI=1S/C20H30N2O4S/c1-14-5-6-19(15(2)11-14)27(24,25)22-9-7-16(8-10-22)20(23)21(3)17-12-18(13-17)26-4/h5-6,11,16-18H,7-10,12-13H2,1-4H3. The molecule has 0 spiro atoms. The van der Waals surface area contributed by atoms with E-state index >= 15 is 0 Å². The van der Waals surface area contributed by atoms with Crippen molar-refractivity contribution in [2.45, 2.75) is 56.6 Å². The minimum Gasteiger partial charge on any atom is -0.381 e. The van der Waals surface area contributed by atoms with Crippen molar-refractivity contribution in [3.8, 4) is 0 Å². The molecule has 0 radical (unpaired) electrons. The highest BCUT2D eigenvalue weighted by molar-refractivity contribution is 7.89. The second kappa shape index (κ2) is 7.89. The molecule has 1 aliphatic heterocycles. The highest BCUT2D eigenvalue weighted by atomic mass is 32.2. The third-order valence-electron chi connectivity index (χ3n) is 6.05. The first kappa shape index (κ1) is 20.3. The Morgan fingerprint density at radius 1 is 1.19 bits per heavy atom. The highest BCUT2D eigenvalue weighted by Crippen LogP contribution is 2.31. The van der Waals surface area contributed by atoms with Crippen LogP contribution in [0.2, 0.25) is 0 Å². The van der Waals surface area contributed by atoms with Crippen LogP contribution in [0.15, 0.2) is 23.1 Å². The Bertz CT molecular complexity index is 794. The van der Waals surface area contributed by atoms with E-state index in [1.165, 1.54) is 4.31 Å². The van der Waals surface area contributed by atoms with Crippen LogP contribution >= 0.6 is 0 Å². The van der Waals surface area contributed by atoms with Crippen LogP contribution in [0, 0.1) is 19.8 Å². The Kier molecular flexibility index (Phi) is 5.93. The van der Waals surface area contributed by atoms with Gasteiger partial charge in [0, 0.05) is 39.2 Å². The van der Waals surface area contributed by atoms with Crippen LogP contribution < -0.4 is 0 Å². The van der Waals surface area contributed by atoms with Crippen LogP contribution in [0.4, 0.5) is 0 Å². The summed E-state index contributed by atoms with van der Waals surface area (Å²) in [7, 11) is 0.0544. The first-order chi connectivity index (χ1) is 12.7. The topological polar surface area (TPSA) is 66.9 Å². The van der Waals surface area contributed by atoms with Gasteiger partial charge in [0.25, 0.3) is 0 Å². The van der Waals surface area contributed by atoms with Gasteiger partial charge in [-0.2, -0.15) is 4.31 Å². The summed E-state index contributed by atoms with van der Waals surface area (Å²) in [6, 6.07) is 5.66. The molecular weight excluding hydrogens is 364 g/mol. The number of rotatable bonds is 5. The van der Waals surface area contributed by atoms with E-state index in [0.29, 0.717) is 30.8 Å². The molecular formula is C20H30N2O4S. The van der Waals surface area contributed by atoms with Crippen molar-refractivity contribution in [3.63, 3.8) is 0 Å². The van der Waals surface area contributed by atoms with E-state index < -0.39 is 10.0 Å². The van der Waals surface area contributed by atoms with Gasteiger partial charge in [0.1, 0.15) is 0 Å². The molecule has 150 valence electrons. The first-order valence-corrected chi connectivity index (χ1v) is 11.0. The quantitative estimate of drug-likeness (QED) is 0.769. The van der Waals surface area contributed by atoms with E-state index in [-0.39, 0.29) is 24.0 Å². The highest BCUT2D eigenvalue weighted by Gasteiger charge is 2.38. The molecule has 1 aromatic carbocycles. The molecule has 0 aromatic heterocycles. The van der Waals surface area contributed by atoms with Gasteiger partial charge in [0.15, 0.2) is 0 Å². The van der Waals surface area contributed by atoms with Gasteiger partial charge in [-0.3, -0.25) is 4.79 Å². The molecule has 0 N–H and O–H groups in total. The lowest BCUT2D eigenvalue weighted by Crippen LogP contribution is -2.51. The van der Waals surface area contributed by atoms with Crippen LogP contribution in [-0.4, -0.2) is 62.9 Å². The van der Waals surface area contributed by atoms with Gasteiger partial charge in [-0.05, 0) is 51.2 Å². The maximum Gasteiger partial charge on any atom is 0.243 e. The summed E-state index contributed by atoms with van der Waals surface area (Å²) < 4.78 is 32.8.